The summed E-state index contributed by atoms with van der Waals surface area (Å²) in [5.41, 5.74) is 2.70. The highest BCUT2D eigenvalue weighted by Gasteiger charge is 2.45. The van der Waals surface area contributed by atoms with Crippen LogP contribution in [0.4, 0.5) is 10.6 Å². The molecule has 0 unspecified atom stereocenters. The molecule has 2 aliphatic rings. The molecule has 170 valence electrons. The summed E-state index contributed by atoms with van der Waals surface area (Å²) in [5.74, 6) is 1.28. The van der Waals surface area contributed by atoms with Gasteiger partial charge in [0.15, 0.2) is 0 Å². The molecule has 2 N–H and O–H groups in total. The normalized spacial score (nSPS) is 17.5. The number of aromatic nitrogens is 2. The van der Waals surface area contributed by atoms with Crippen LogP contribution in [0.1, 0.15) is 31.3 Å². The second-order valence-corrected chi connectivity index (χ2v) is 8.94. The van der Waals surface area contributed by atoms with Gasteiger partial charge in [0, 0.05) is 18.3 Å². The summed E-state index contributed by atoms with van der Waals surface area (Å²) in [6, 6.07) is 13.4. The highest BCUT2D eigenvalue weighted by molar-refractivity contribution is 6.11. The van der Waals surface area contributed by atoms with Gasteiger partial charge < -0.3 is 20.4 Å². The predicted molar refractivity (Wildman–Crippen MR) is 127 cm³/mol. The Bertz CT molecular complexity index is 1150. The molecule has 1 atom stereocenters. The van der Waals surface area contributed by atoms with Crippen LogP contribution in [0, 0.1) is 11.3 Å². The van der Waals surface area contributed by atoms with Gasteiger partial charge in [0.1, 0.15) is 17.7 Å². The summed E-state index contributed by atoms with van der Waals surface area (Å²) in [7, 11) is 3.99. The Kier molecular flexibility index (Phi) is 6.11. The smallest absolute Gasteiger partial charge is 0.318 e. The van der Waals surface area contributed by atoms with Crippen molar-refractivity contribution in [2.24, 2.45) is 4.99 Å². The first-order chi connectivity index (χ1) is 15.8. The van der Waals surface area contributed by atoms with Crippen LogP contribution >= 0.6 is 0 Å². The van der Waals surface area contributed by atoms with Crippen LogP contribution in [0.3, 0.4) is 0 Å². The van der Waals surface area contributed by atoms with E-state index in [1.54, 1.807) is 6.07 Å². The number of amides is 2. The van der Waals surface area contributed by atoms with Gasteiger partial charge in [-0.2, -0.15) is 5.26 Å². The van der Waals surface area contributed by atoms with E-state index in [9.17, 15) is 4.79 Å². The SMILES string of the molecule is CN(C)C[C@@H](NC(=O)N1CC2=C(CN=C2Nc2ccnc(C#N)n2)C1(C)C)c1ccccc1. The van der Waals surface area contributed by atoms with Crippen LogP contribution in [0.25, 0.3) is 0 Å². The Hall–Kier alpha value is -3.77. The number of anilines is 1. The number of nitriles is 1. The van der Waals surface area contributed by atoms with Gasteiger partial charge in [-0.3, -0.25) is 4.99 Å². The Morgan fingerprint density at radius 3 is 2.73 bits per heavy atom. The summed E-state index contributed by atoms with van der Waals surface area (Å²) in [6.45, 7) is 5.76. The molecule has 0 saturated carbocycles. The Morgan fingerprint density at radius 1 is 1.27 bits per heavy atom. The first-order valence-electron chi connectivity index (χ1n) is 10.8. The van der Waals surface area contributed by atoms with E-state index in [1.807, 2.05) is 55.4 Å². The number of nitrogens with one attached hydrogen (secondary N) is 2. The van der Waals surface area contributed by atoms with E-state index in [2.05, 4.69) is 44.3 Å². The number of carbonyl (C=O) groups excluding carboxylic acids is 1. The molecule has 4 rings (SSSR count). The molecule has 0 aliphatic carbocycles. The van der Waals surface area contributed by atoms with Crippen molar-refractivity contribution in [2.75, 3.05) is 39.0 Å². The van der Waals surface area contributed by atoms with Crippen molar-refractivity contribution < 1.29 is 4.79 Å². The molecule has 2 aliphatic heterocycles. The van der Waals surface area contributed by atoms with Gasteiger partial charge in [0.05, 0.1) is 24.7 Å². The molecular weight excluding hydrogens is 416 g/mol. The molecule has 3 heterocycles. The van der Waals surface area contributed by atoms with Crippen LogP contribution in [0.2, 0.25) is 0 Å². The summed E-state index contributed by atoms with van der Waals surface area (Å²) in [6.07, 6.45) is 1.53. The molecule has 2 aromatic rings. The Labute approximate surface area is 193 Å². The summed E-state index contributed by atoms with van der Waals surface area (Å²) in [4.78, 5) is 30.1. The lowest BCUT2D eigenvalue weighted by Gasteiger charge is -2.36. The lowest BCUT2D eigenvalue weighted by atomic mass is 9.94. The van der Waals surface area contributed by atoms with Gasteiger partial charge in [0.25, 0.3) is 0 Å². The molecule has 9 heteroatoms. The molecule has 0 bridgehead atoms. The fraction of sp³-hybridized carbons (Fsp3) is 0.375. The van der Waals surface area contributed by atoms with Gasteiger partial charge in [0.2, 0.25) is 5.82 Å². The highest BCUT2D eigenvalue weighted by atomic mass is 16.2. The number of rotatable bonds is 5. The molecule has 2 amide bonds. The fourth-order valence-electron chi connectivity index (χ4n) is 4.30. The second-order valence-electron chi connectivity index (χ2n) is 8.94. The molecule has 33 heavy (non-hydrogen) atoms. The zero-order valence-electron chi connectivity index (χ0n) is 19.3. The largest absolute Gasteiger partial charge is 0.330 e. The van der Waals surface area contributed by atoms with Crippen molar-refractivity contribution in [3.8, 4) is 6.07 Å². The first kappa shape index (κ1) is 22.4. The van der Waals surface area contributed by atoms with Crippen molar-refractivity contribution in [3.05, 3.63) is 65.1 Å². The van der Waals surface area contributed by atoms with Crippen molar-refractivity contribution in [1.82, 2.24) is 25.1 Å². The molecule has 9 nitrogen and oxygen atoms in total. The van der Waals surface area contributed by atoms with Gasteiger partial charge in [-0.25, -0.2) is 14.8 Å². The number of benzene rings is 1. The number of hydrogen-bond acceptors (Lipinski definition) is 7. The van der Waals surface area contributed by atoms with Gasteiger partial charge in [-0.05, 0) is 45.1 Å². The molecule has 0 spiro atoms. The van der Waals surface area contributed by atoms with Crippen LogP contribution in [-0.2, 0) is 0 Å². The third-order valence-corrected chi connectivity index (χ3v) is 6.07. The number of amidine groups is 1. The maximum absolute atomic E-state index is 13.5. The maximum atomic E-state index is 13.5. The van der Waals surface area contributed by atoms with Gasteiger partial charge in [-0.1, -0.05) is 30.3 Å². The Balaban J connectivity index is 1.51. The minimum atomic E-state index is -0.477. The Morgan fingerprint density at radius 2 is 2.03 bits per heavy atom. The number of likely N-dealkylation sites (N-methyl/N-ethyl adjacent to an activating group) is 1. The van der Waals surface area contributed by atoms with Crippen molar-refractivity contribution >= 4 is 17.7 Å². The number of hydrogen-bond donors (Lipinski definition) is 2. The lowest BCUT2D eigenvalue weighted by Crippen LogP contribution is -2.52. The van der Waals surface area contributed by atoms with Crippen LogP contribution in [-0.4, -0.2) is 70.9 Å². The fourth-order valence-corrected chi connectivity index (χ4v) is 4.30. The molecular formula is C24H28N8O. The number of nitrogens with zero attached hydrogens (tertiary/aromatic N) is 6. The minimum absolute atomic E-state index is 0.0911. The summed E-state index contributed by atoms with van der Waals surface area (Å²) >= 11 is 0. The zero-order chi connectivity index (χ0) is 23.6. The zero-order valence-corrected chi connectivity index (χ0v) is 19.3. The lowest BCUT2D eigenvalue weighted by molar-refractivity contribution is 0.165. The van der Waals surface area contributed by atoms with E-state index >= 15 is 0 Å². The maximum Gasteiger partial charge on any atom is 0.318 e. The van der Waals surface area contributed by atoms with E-state index < -0.39 is 5.54 Å². The van der Waals surface area contributed by atoms with Crippen LogP contribution < -0.4 is 10.6 Å². The second kappa shape index (κ2) is 9.00. The van der Waals surface area contributed by atoms with Crippen LogP contribution in [0.5, 0.6) is 0 Å². The third kappa shape index (κ3) is 4.56. The van der Waals surface area contributed by atoms with Crippen molar-refractivity contribution in [3.63, 3.8) is 0 Å². The molecule has 0 radical (unpaired) electrons. The molecule has 0 fully saturated rings. The van der Waals surface area contributed by atoms with E-state index in [-0.39, 0.29) is 17.9 Å². The van der Waals surface area contributed by atoms with E-state index in [1.165, 1.54) is 6.20 Å². The first-order valence-corrected chi connectivity index (χ1v) is 10.8. The summed E-state index contributed by atoms with van der Waals surface area (Å²) < 4.78 is 0. The van der Waals surface area contributed by atoms with E-state index in [4.69, 9.17) is 5.26 Å². The predicted octanol–water partition coefficient (Wildman–Crippen LogP) is 2.58. The molecule has 0 saturated heterocycles. The van der Waals surface area contributed by atoms with E-state index in [0.29, 0.717) is 31.3 Å². The van der Waals surface area contributed by atoms with Crippen molar-refractivity contribution in [1.29, 1.82) is 5.26 Å². The topological polar surface area (TPSA) is 110 Å². The highest BCUT2D eigenvalue weighted by Crippen LogP contribution is 2.38. The summed E-state index contributed by atoms with van der Waals surface area (Å²) in [5, 5.41) is 15.5. The average Bonchev–Trinajstić information content (AvgIpc) is 3.31. The molecule has 1 aromatic heterocycles. The van der Waals surface area contributed by atoms with Crippen molar-refractivity contribution in [2.45, 2.75) is 25.4 Å². The van der Waals surface area contributed by atoms with Crippen LogP contribution in [0.15, 0.2) is 58.7 Å². The quantitative estimate of drug-likeness (QED) is 0.734. The minimum Gasteiger partial charge on any atom is -0.330 e. The average molecular weight is 445 g/mol. The third-order valence-electron chi connectivity index (χ3n) is 6.07. The number of urea groups is 1. The number of aliphatic imine (C=N–C) groups is 1. The standard InChI is InChI=1S/C24H28N8O/c1-24(2)18-13-27-22(30-20-10-11-26-21(12-25)29-20)17(18)14-32(24)23(33)28-19(15-31(3)4)16-8-6-5-7-9-16/h5-11,19H,13-15H2,1-4H3,(H,28,33)(H,26,27,29,30)/t19-/m1/s1. The number of carbonyl (C=O) groups is 1. The van der Waals surface area contributed by atoms with Gasteiger partial charge >= 0.3 is 6.03 Å². The van der Waals surface area contributed by atoms with Gasteiger partial charge in [-0.15, -0.1) is 0 Å². The monoisotopic (exact) mass is 444 g/mol. The molecule has 1 aromatic carbocycles. The van der Waals surface area contributed by atoms with E-state index in [0.717, 1.165) is 16.7 Å².